The molecule has 1 N–H and O–H groups in total. The maximum Gasteiger partial charge on any atom is 0.349 e. The number of carbonyl (C=O) groups excluding carboxylic acids is 1. The molecular formula is C17H16BrN3O3S. The molecule has 6 nitrogen and oxygen atoms in total. The Morgan fingerprint density at radius 1 is 1.28 bits per heavy atom. The van der Waals surface area contributed by atoms with Crippen LogP contribution in [0.5, 0.6) is 0 Å². The Kier molecular flexibility index (Phi) is 5.29. The van der Waals surface area contributed by atoms with Crippen LogP contribution in [0.15, 0.2) is 37.9 Å². The van der Waals surface area contributed by atoms with Crippen LogP contribution < -0.4 is 10.9 Å². The molecule has 0 saturated carbocycles. The summed E-state index contributed by atoms with van der Waals surface area (Å²) in [6, 6.07) is 6.75. The highest BCUT2D eigenvalue weighted by Gasteiger charge is 2.18. The molecular weight excluding hydrogens is 406 g/mol. The summed E-state index contributed by atoms with van der Waals surface area (Å²) < 4.78 is 6.05. The first-order valence-electron chi connectivity index (χ1n) is 7.90. The summed E-state index contributed by atoms with van der Waals surface area (Å²) in [5, 5.41) is 12.7. The van der Waals surface area contributed by atoms with Gasteiger partial charge in [-0.3, -0.25) is 10.1 Å². The fourth-order valence-corrected chi connectivity index (χ4v) is 3.89. The molecule has 130 valence electrons. The SMILES string of the molecule is CCC(CC)c1nnc(NC(=O)c2cc3cc(Br)ccc3oc2=O)s1. The molecule has 3 aromatic rings. The third-order valence-electron chi connectivity index (χ3n) is 3.93. The minimum Gasteiger partial charge on any atom is -0.422 e. The fourth-order valence-electron chi connectivity index (χ4n) is 2.51. The van der Waals surface area contributed by atoms with Crippen molar-refractivity contribution in [2.45, 2.75) is 32.6 Å². The summed E-state index contributed by atoms with van der Waals surface area (Å²) in [7, 11) is 0. The lowest BCUT2D eigenvalue weighted by molar-refractivity contribution is 0.102. The van der Waals surface area contributed by atoms with Crippen LogP contribution in [0.3, 0.4) is 0 Å². The van der Waals surface area contributed by atoms with Gasteiger partial charge in [0.2, 0.25) is 5.13 Å². The lowest BCUT2D eigenvalue weighted by Crippen LogP contribution is -2.20. The van der Waals surface area contributed by atoms with Crippen molar-refractivity contribution in [1.82, 2.24) is 10.2 Å². The number of nitrogens with zero attached hydrogens (tertiary/aromatic N) is 2. The van der Waals surface area contributed by atoms with Gasteiger partial charge in [0, 0.05) is 15.8 Å². The molecule has 0 bridgehead atoms. The number of carbonyl (C=O) groups is 1. The molecule has 0 aliphatic rings. The zero-order valence-electron chi connectivity index (χ0n) is 13.7. The van der Waals surface area contributed by atoms with Crippen LogP contribution in [-0.4, -0.2) is 16.1 Å². The van der Waals surface area contributed by atoms with E-state index in [1.54, 1.807) is 18.2 Å². The molecule has 1 amide bonds. The van der Waals surface area contributed by atoms with Crippen LogP contribution >= 0.6 is 27.3 Å². The summed E-state index contributed by atoms with van der Waals surface area (Å²) in [6.07, 6.45) is 1.92. The number of aromatic nitrogens is 2. The van der Waals surface area contributed by atoms with Gasteiger partial charge in [0.1, 0.15) is 16.2 Å². The van der Waals surface area contributed by atoms with Crippen molar-refractivity contribution in [1.29, 1.82) is 0 Å². The minimum absolute atomic E-state index is 0.0649. The Bertz CT molecular complexity index is 979. The Hall–Kier alpha value is -2.06. The van der Waals surface area contributed by atoms with E-state index in [1.165, 1.54) is 17.4 Å². The summed E-state index contributed by atoms with van der Waals surface area (Å²) in [5.41, 5.74) is -0.321. The molecule has 8 heteroatoms. The number of rotatable bonds is 5. The normalized spacial score (nSPS) is 11.2. The zero-order chi connectivity index (χ0) is 18.0. The number of hydrogen-bond donors (Lipinski definition) is 1. The van der Waals surface area contributed by atoms with E-state index in [1.807, 2.05) is 0 Å². The summed E-state index contributed by atoms with van der Waals surface area (Å²) in [6.45, 7) is 4.18. The molecule has 1 aromatic carbocycles. The van der Waals surface area contributed by atoms with Crippen molar-refractivity contribution >= 4 is 49.3 Å². The second-order valence-corrected chi connectivity index (χ2v) is 7.47. The maximum atomic E-state index is 12.4. The highest BCUT2D eigenvalue weighted by atomic mass is 79.9. The monoisotopic (exact) mass is 421 g/mol. The second kappa shape index (κ2) is 7.45. The molecule has 25 heavy (non-hydrogen) atoms. The first kappa shape index (κ1) is 17.8. The average molecular weight is 422 g/mol. The molecule has 0 atom stereocenters. The lowest BCUT2D eigenvalue weighted by atomic mass is 10.1. The van der Waals surface area contributed by atoms with Crippen LogP contribution in [0, 0.1) is 0 Å². The highest BCUT2D eigenvalue weighted by Crippen LogP contribution is 2.28. The van der Waals surface area contributed by atoms with Gasteiger partial charge in [0.05, 0.1) is 0 Å². The van der Waals surface area contributed by atoms with Crippen LogP contribution in [0.1, 0.15) is 48.0 Å². The van der Waals surface area contributed by atoms with Crippen molar-refractivity contribution in [2.24, 2.45) is 0 Å². The summed E-state index contributed by atoms with van der Waals surface area (Å²) in [4.78, 5) is 24.5. The highest BCUT2D eigenvalue weighted by molar-refractivity contribution is 9.10. The van der Waals surface area contributed by atoms with E-state index in [-0.39, 0.29) is 5.56 Å². The van der Waals surface area contributed by atoms with Gasteiger partial charge in [0.15, 0.2) is 0 Å². The van der Waals surface area contributed by atoms with Gasteiger partial charge in [-0.1, -0.05) is 41.1 Å². The van der Waals surface area contributed by atoms with Crippen LogP contribution in [0.25, 0.3) is 11.0 Å². The van der Waals surface area contributed by atoms with Crippen molar-refractivity contribution in [2.75, 3.05) is 5.32 Å². The van der Waals surface area contributed by atoms with Crippen molar-refractivity contribution < 1.29 is 9.21 Å². The van der Waals surface area contributed by atoms with E-state index in [4.69, 9.17) is 4.42 Å². The molecule has 0 fully saturated rings. The lowest BCUT2D eigenvalue weighted by Gasteiger charge is -2.05. The minimum atomic E-state index is -0.683. The number of benzene rings is 1. The average Bonchev–Trinajstić information content (AvgIpc) is 3.04. The predicted molar refractivity (Wildman–Crippen MR) is 101 cm³/mol. The topological polar surface area (TPSA) is 85.1 Å². The molecule has 0 aliphatic heterocycles. The third-order valence-corrected chi connectivity index (χ3v) is 5.43. The summed E-state index contributed by atoms with van der Waals surface area (Å²) in [5.74, 6) is -0.228. The van der Waals surface area contributed by atoms with Crippen molar-refractivity contribution in [3.63, 3.8) is 0 Å². The van der Waals surface area contributed by atoms with Crippen LogP contribution in [0.2, 0.25) is 0 Å². The number of anilines is 1. The standard InChI is InChI=1S/C17H16BrN3O3S/c1-3-9(4-2)15-20-21-17(25-15)19-14(22)12-8-10-7-11(18)5-6-13(10)24-16(12)23/h5-9H,3-4H2,1-2H3,(H,19,21,22). The van der Waals surface area contributed by atoms with Crippen molar-refractivity contribution in [3.8, 4) is 0 Å². The molecule has 2 heterocycles. The van der Waals surface area contributed by atoms with Gasteiger partial charge >= 0.3 is 5.63 Å². The number of halogens is 1. The van der Waals surface area contributed by atoms with E-state index in [0.29, 0.717) is 22.0 Å². The fraction of sp³-hybridized carbons (Fsp3) is 0.294. The Morgan fingerprint density at radius 2 is 2.04 bits per heavy atom. The molecule has 2 aromatic heterocycles. The molecule has 3 rings (SSSR count). The van der Waals surface area contributed by atoms with Gasteiger partial charge in [0.25, 0.3) is 5.91 Å². The number of nitrogens with one attached hydrogen (secondary N) is 1. The van der Waals surface area contributed by atoms with Gasteiger partial charge in [-0.2, -0.15) is 0 Å². The summed E-state index contributed by atoms with van der Waals surface area (Å²) >= 11 is 4.69. The number of hydrogen-bond acceptors (Lipinski definition) is 6. The maximum absolute atomic E-state index is 12.4. The quantitative estimate of drug-likeness (QED) is 0.610. The molecule has 0 radical (unpaired) electrons. The van der Waals surface area contributed by atoms with Gasteiger partial charge < -0.3 is 4.42 Å². The number of fused-ring (bicyclic) bond motifs is 1. The molecule has 0 unspecified atom stereocenters. The van der Waals surface area contributed by atoms with Crippen LogP contribution in [0.4, 0.5) is 5.13 Å². The second-order valence-electron chi connectivity index (χ2n) is 5.54. The third kappa shape index (κ3) is 3.80. The Morgan fingerprint density at radius 3 is 2.76 bits per heavy atom. The molecule has 0 spiro atoms. The van der Waals surface area contributed by atoms with Gasteiger partial charge in [-0.15, -0.1) is 10.2 Å². The van der Waals surface area contributed by atoms with Crippen molar-refractivity contribution in [3.05, 3.63) is 49.7 Å². The van der Waals surface area contributed by atoms with Gasteiger partial charge in [-0.05, 0) is 37.1 Å². The number of amides is 1. The Labute approximate surface area is 156 Å². The van der Waals surface area contributed by atoms with E-state index in [2.05, 4.69) is 45.3 Å². The first-order chi connectivity index (χ1) is 12.0. The van der Waals surface area contributed by atoms with E-state index < -0.39 is 11.5 Å². The zero-order valence-corrected chi connectivity index (χ0v) is 16.1. The van der Waals surface area contributed by atoms with Crippen LogP contribution in [-0.2, 0) is 0 Å². The van der Waals surface area contributed by atoms with E-state index in [9.17, 15) is 9.59 Å². The van der Waals surface area contributed by atoms with Gasteiger partial charge in [-0.25, -0.2) is 4.79 Å². The predicted octanol–water partition coefficient (Wildman–Crippen LogP) is 4.56. The Balaban J connectivity index is 1.87. The largest absolute Gasteiger partial charge is 0.422 e. The smallest absolute Gasteiger partial charge is 0.349 e. The molecule has 0 aliphatic carbocycles. The van der Waals surface area contributed by atoms with E-state index >= 15 is 0 Å². The first-order valence-corrected chi connectivity index (χ1v) is 9.51. The molecule has 0 saturated heterocycles. The van der Waals surface area contributed by atoms with E-state index in [0.717, 1.165) is 22.3 Å².